The molecule has 0 amide bonds. The van der Waals surface area contributed by atoms with Gasteiger partial charge < -0.3 is 5.73 Å². The molecule has 0 spiro atoms. The van der Waals surface area contributed by atoms with Crippen LogP contribution in [0.3, 0.4) is 0 Å². The van der Waals surface area contributed by atoms with Gasteiger partial charge in [0.05, 0.1) is 4.90 Å². The molecule has 1 unspecified atom stereocenters. The molecule has 1 rings (SSSR count). The maximum Gasteiger partial charge on any atom is 0.243 e. The molecule has 2 N–H and O–H groups in total. The lowest BCUT2D eigenvalue weighted by atomic mass is 10.4. The maximum absolute atomic E-state index is 12.1. The van der Waals surface area contributed by atoms with Crippen molar-refractivity contribution < 1.29 is 8.42 Å². The van der Waals surface area contributed by atoms with Crippen molar-refractivity contribution in [2.24, 2.45) is 5.73 Å². The van der Waals surface area contributed by atoms with Crippen LogP contribution in [0.1, 0.15) is 6.92 Å². The van der Waals surface area contributed by atoms with E-state index < -0.39 is 10.0 Å². The zero-order chi connectivity index (χ0) is 12.3. The Bertz CT molecular complexity index is 450. The van der Waals surface area contributed by atoms with Crippen LogP contribution < -0.4 is 5.73 Å². The monoisotopic (exact) mass is 342 g/mol. The van der Waals surface area contributed by atoms with Crippen molar-refractivity contribution in [2.45, 2.75) is 17.9 Å². The van der Waals surface area contributed by atoms with E-state index in [0.29, 0.717) is 6.54 Å². The van der Waals surface area contributed by atoms with Crippen molar-refractivity contribution in [2.75, 3.05) is 13.6 Å². The molecule has 17 heavy (non-hydrogen) atoms. The van der Waals surface area contributed by atoms with Gasteiger partial charge in [0.1, 0.15) is 0 Å². The molecular weight excluding hydrogens is 328 g/mol. The lowest BCUT2D eigenvalue weighted by Gasteiger charge is -2.22. The van der Waals surface area contributed by atoms with Gasteiger partial charge >= 0.3 is 0 Å². The van der Waals surface area contributed by atoms with E-state index in [-0.39, 0.29) is 23.3 Å². The molecule has 0 saturated carbocycles. The molecule has 0 fully saturated rings. The zero-order valence-corrected chi connectivity index (χ0v) is 12.8. The third-order valence-corrected chi connectivity index (χ3v) is 4.97. The molecule has 1 aromatic carbocycles. The van der Waals surface area contributed by atoms with Gasteiger partial charge in [-0.15, -0.1) is 12.4 Å². The fourth-order valence-electron chi connectivity index (χ4n) is 1.16. The Hall–Kier alpha value is -0.140. The number of sulfonamides is 1. The summed E-state index contributed by atoms with van der Waals surface area (Å²) in [6.45, 7) is 2.07. The molecule has 0 saturated heterocycles. The predicted octanol–water partition coefficient (Wildman–Crippen LogP) is 1.84. The largest absolute Gasteiger partial charge is 0.329 e. The van der Waals surface area contributed by atoms with Crippen molar-refractivity contribution >= 4 is 38.4 Å². The number of hydrogen-bond acceptors (Lipinski definition) is 3. The number of rotatable bonds is 4. The van der Waals surface area contributed by atoms with E-state index >= 15 is 0 Å². The highest BCUT2D eigenvalue weighted by Gasteiger charge is 2.24. The summed E-state index contributed by atoms with van der Waals surface area (Å²) in [6, 6.07) is 6.33. The van der Waals surface area contributed by atoms with Gasteiger partial charge in [-0.25, -0.2) is 8.42 Å². The van der Waals surface area contributed by atoms with Crippen LogP contribution in [-0.4, -0.2) is 32.4 Å². The van der Waals surface area contributed by atoms with Crippen LogP contribution in [0.25, 0.3) is 0 Å². The van der Waals surface area contributed by atoms with E-state index in [4.69, 9.17) is 5.73 Å². The number of nitrogens with two attached hydrogens (primary N) is 1. The third kappa shape index (κ3) is 3.93. The average molecular weight is 344 g/mol. The number of nitrogens with zero attached hydrogens (tertiary/aromatic N) is 1. The maximum atomic E-state index is 12.1. The van der Waals surface area contributed by atoms with Crippen molar-refractivity contribution in [3.63, 3.8) is 0 Å². The van der Waals surface area contributed by atoms with Crippen LogP contribution in [0.15, 0.2) is 33.6 Å². The minimum atomic E-state index is -3.43. The Morgan fingerprint density at radius 1 is 1.35 bits per heavy atom. The molecule has 98 valence electrons. The molecule has 0 aliphatic rings. The Balaban J connectivity index is 0.00000256. The number of benzene rings is 1. The van der Waals surface area contributed by atoms with E-state index in [0.717, 1.165) is 4.47 Å². The molecule has 0 aromatic heterocycles. The average Bonchev–Trinajstić information content (AvgIpc) is 2.27. The second-order valence-electron chi connectivity index (χ2n) is 3.56. The highest BCUT2D eigenvalue weighted by atomic mass is 79.9. The lowest BCUT2D eigenvalue weighted by Crippen LogP contribution is -2.39. The number of hydrogen-bond donors (Lipinski definition) is 1. The molecule has 0 radical (unpaired) electrons. The van der Waals surface area contributed by atoms with Gasteiger partial charge in [-0.05, 0) is 31.2 Å². The van der Waals surface area contributed by atoms with Crippen molar-refractivity contribution in [1.82, 2.24) is 4.31 Å². The summed E-state index contributed by atoms with van der Waals surface area (Å²) in [5, 5.41) is 0. The topological polar surface area (TPSA) is 63.4 Å². The van der Waals surface area contributed by atoms with E-state index in [1.165, 1.54) is 11.4 Å². The fourth-order valence-corrected chi connectivity index (χ4v) is 2.79. The van der Waals surface area contributed by atoms with Crippen molar-refractivity contribution in [1.29, 1.82) is 0 Å². The normalized spacial score (nSPS) is 13.2. The van der Waals surface area contributed by atoms with Crippen LogP contribution in [-0.2, 0) is 10.0 Å². The SMILES string of the molecule is CC(CN)N(C)S(=O)(=O)c1ccc(Br)cc1.Cl. The summed E-state index contributed by atoms with van der Waals surface area (Å²) in [7, 11) is -1.90. The predicted molar refractivity (Wildman–Crippen MR) is 74.9 cm³/mol. The first-order valence-corrected chi connectivity index (χ1v) is 7.06. The summed E-state index contributed by atoms with van der Waals surface area (Å²) in [6.07, 6.45) is 0. The van der Waals surface area contributed by atoms with E-state index in [1.807, 2.05) is 0 Å². The highest BCUT2D eigenvalue weighted by Crippen LogP contribution is 2.18. The quantitative estimate of drug-likeness (QED) is 0.907. The second-order valence-corrected chi connectivity index (χ2v) is 6.47. The summed E-state index contributed by atoms with van der Waals surface area (Å²) in [5.74, 6) is 0. The van der Waals surface area contributed by atoms with Gasteiger partial charge in [-0.1, -0.05) is 15.9 Å². The summed E-state index contributed by atoms with van der Waals surface area (Å²) in [4.78, 5) is 0.276. The second kappa shape index (κ2) is 6.70. The van der Waals surface area contributed by atoms with Crippen LogP contribution in [0.2, 0.25) is 0 Å². The van der Waals surface area contributed by atoms with E-state index in [2.05, 4.69) is 15.9 Å². The molecule has 1 atom stereocenters. The van der Waals surface area contributed by atoms with E-state index in [1.54, 1.807) is 31.2 Å². The smallest absolute Gasteiger partial charge is 0.243 e. The Morgan fingerprint density at radius 3 is 2.24 bits per heavy atom. The van der Waals surface area contributed by atoms with Crippen LogP contribution in [0.5, 0.6) is 0 Å². The highest BCUT2D eigenvalue weighted by molar-refractivity contribution is 9.10. The van der Waals surface area contributed by atoms with Gasteiger partial charge in [0, 0.05) is 24.1 Å². The van der Waals surface area contributed by atoms with Gasteiger partial charge in [0.2, 0.25) is 10.0 Å². The van der Waals surface area contributed by atoms with Gasteiger partial charge in [-0.2, -0.15) is 4.31 Å². The molecule has 0 aliphatic carbocycles. The zero-order valence-electron chi connectivity index (χ0n) is 9.63. The molecule has 7 heteroatoms. The third-order valence-electron chi connectivity index (χ3n) is 2.45. The van der Waals surface area contributed by atoms with Gasteiger partial charge in [-0.3, -0.25) is 0 Å². The summed E-state index contributed by atoms with van der Waals surface area (Å²) in [5.41, 5.74) is 5.46. The molecule has 0 aliphatic heterocycles. The first-order chi connectivity index (χ1) is 7.39. The molecule has 4 nitrogen and oxygen atoms in total. The lowest BCUT2D eigenvalue weighted by molar-refractivity contribution is 0.394. The number of likely N-dealkylation sites (N-methyl/N-ethyl adjacent to an activating group) is 1. The summed E-state index contributed by atoms with van der Waals surface area (Å²) >= 11 is 3.26. The van der Waals surface area contributed by atoms with Crippen molar-refractivity contribution in [3.05, 3.63) is 28.7 Å². The first-order valence-electron chi connectivity index (χ1n) is 4.83. The molecular formula is C10H16BrClN2O2S. The van der Waals surface area contributed by atoms with E-state index in [9.17, 15) is 8.42 Å². The Morgan fingerprint density at radius 2 is 1.82 bits per heavy atom. The van der Waals surface area contributed by atoms with Crippen LogP contribution >= 0.6 is 28.3 Å². The number of halogens is 2. The molecule has 1 aromatic rings. The van der Waals surface area contributed by atoms with Crippen molar-refractivity contribution in [3.8, 4) is 0 Å². The molecule has 0 bridgehead atoms. The summed E-state index contributed by atoms with van der Waals surface area (Å²) < 4.78 is 26.3. The standard InChI is InChI=1S/C10H15BrN2O2S.ClH/c1-8(7-12)13(2)16(14,15)10-5-3-9(11)4-6-10;/h3-6,8H,7,12H2,1-2H3;1H. The van der Waals surface area contributed by atoms with Gasteiger partial charge in [0.15, 0.2) is 0 Å². The fraction of sp³-hybridized carbons (Fsp3) is 0.400. The first kappa shape index (κ1) is 16.9. The van der Waals surface area contributed by atoms with Crippen LogP contribution in [0.4, 0.5) is 0 Å². The minimum Gasteiger partial charge on any atom is -0.329 e. The Kier molecular flexibility index (Phi) is 6.65. The minimum absolute atomic E-state index is 0. The van der Waals surface area contributed by atoms with Crippen LogP contribution in [0, 0.1) is 0 Å². The Labute approximate surface area is 117 Å². The van der Waals surface area contributed by atoms with Gasteiger partial charge in [0.25, 0.3) is 0 Å². The molecule has 0 heterocycles.